The highest BCUT2D eigenvalue weighted by molar-refractivity contribution is 6.31. The third-order valence-corrected chi connectivity index (χ3v) is 3.06. The van der Waals surface area contributed by atoms with Gasteiger partial charge in [0.2, 0.25) is 0 Å². The number of aromatic nitrogens is 2. The minimum absolute atomic E-state index is 0.0615. The van der Waals surface area contributed by atoms with E-state index >= 15 is 0 Å². The number of carboxylic acids is 1. The number of anilines is 1. The van der Waals surface area contributed by atoms with E-state index in [0.717, 1.165) is 0 Å². The van der Waals surface area contributed by atoms with E-state index in [4.69, 9.17) is 16.7 Å². The smallest absolute Gasteiger partial charge is 0.434 e. The van der Waals surface area contributed by atoms with Gasteiger partial charge in [-0.2, -0.15) is 13.2 Å². The van der Waals surface area contributed by atoms with Crippen molar-refractivity contribution in [2.24, 2.45) is 0 Å². The predicted octanol–water partition coefficient (Wildman–Crippen LogP) is 1.01. The second kappa shape index (κ2) is 5.41. The van der Waals surface area contributed by atoms with Gasteiger partial charge in [-0.1, -0.05) is 11.6 Å². The quantitative estimate of drug-likeness (QED) is 0.849. The maximum absolute atomic E-state index is 12.5. The van der Waals surface area contributed by atoms with Crippen molar-refractivity contribution in [3.8, 4) is 0 Å². The third kappa shape index (κ3) is 2.93. The number of hydrogen-bond donors (Lipinski definition) is 2. The average Bonchev–Trinajstić information content (AvgIpc) is 2.37. The minimum atomic E-state index is -4.65. The van der Waals surface area contributed by atoms with E-state index in [-0.39, 0.29) is 18.9 Å². The molecule has 1 saturated heterocycles. The van der Waals surface area contributed by atoms with Gasteiger partial charge in [-0.25, -0.2) is 14.8 Å². The van der Waals surface area contributed by atoms with Crippen LogP contribution in [0, 0.1) is 0 Å². The molecule has 0 amide bonds. The lowest BCUT2D eigenvalue weighted by Gasteiger charge is -2.34. The fraction of sp³-hybridized carbons (Fsp3) is 0.500. The molecule has 2 rings (SSSR count). The van der Waals surface area contributed by atoms with Crippen molar-refractivity contribution < 1.29 is 23.1 Å². The minimum Gasteiger partial charge on any atom is -0.480 e. The summed E-state index contributed by atoms with van der Waals surface area (Å²) in [6, 6.07) is -0.952. The van der Waals surface area contributed by atoms with Crippen molar-refractivity contribution in [1.29, 1.82) is 0 Å². The van der Waals surface area contributed by atoms with Crippen LogP contribution in [0.15, 0.2) is 6.20 Å². The van der Waals surface area contributed by atoms with E-state index in [1.54, 1.807) is 0 Å². The number of nitrogens with one attached hydrogen (secondary N) is 1. The lowest BCUT2D eigenvalue weighted by atomic mass is 10.2. The summed E-state index contributed by atoms with van der Waals surface area (Å²) in [4.78, 5) is 19.3. The predicted molar refractivity (Wildman–Crippen MR) is 63.7 cm³/mol. The number of piperazine rings is 1. The van der Waals surface area contributed by atoms with Crippen LogP contribution >= 0.6 is 11.6 Å². The number of alkyl halides is 3. The molecule has 1 aromatic heterocycles. The first-order chi connectivity index (χ1) is 9.30. The molecular weight excluding hydrogens is 301 g/mol. The Hall–Kier alpha value is -1.61. The molecule has 1 atom stereocenters. The molecule has 0 saturated carbocycles. The van der Waals surface area contributed by atoms with E-state index in [1.165, 1.54) is 4.90 Å². The summed E-state index contributed by atoms with van der Waals surface area (Å²) in [6.45, 7) is 0.883. The zero-order valence-electron chi connectivity index (χ0n) is 9.98. The van der Waals surface area contributed by atoms with Gasteiger partial charge in [-0.15, -0.1) is 0 Å². The Morgan fingerprint density at radius 1 is 1.55 bits per heavy atom. The summed E-state index contributed by atoms with van der Waals surface area (Å²) in [6.07, 6.45) is -4.10. The lowest BCUT2D eigenvalue weighted by Crippen LogP contribution is -2.55. The molecule has 0 aliphatic carbocycles. The normalized spacial score (nSPS) is 20.0. The molecule has 1 fully saturated rings. The molecule has 1 aliphatic heterocycles. The van der Waals surface area contributed by atoms with Crippen LogP contribution in [0.1, 0.15) is 5.69 Å². The van der Waals surface area contributed by atoms with E-state index < -0.39 is 29.0 Å². The summed E-state index contributed by atoms with van der Waals surface area (Å²) in [7, 11) is 0. The summed E-state index contributed by atoms with van der Waals surface area (Å²) < 4.78 is 37.4. The Morgan fingerprint density at radius 2 is 2.25 bits per heavy atom. The van der Waals surface area contributed by atoms with Gasteiger partial charge < -0.3 is 15.3 Å². The Labute approximate surface area is 116 Å². The first-order valence-electron chi connectivity index (χ1n) is 5.60. The van der Waals surface area contributed by atoms with Gasteiger partial charge in [0.25, 0.3) is 0 Å². The second-order valence-electron chi connectivity index (χ2n) is 4.12. The van der Waals surface area contributed by atoms with Crippen molar-refractivity contribution in [3.63, 3.8) is 0 Å². The summed E-state index contributed by atoms with van der Waals surface area (Å²) in [5.41, 5.74) is -1.21. The summed E-state index contributed by atoms with van der Waals surface area (Å²) in [5.74, 6) is -1.18. The van der Waals surface area contributed by atoms with Crippen molar-refractivity contribution in [2.75, 3.05) is 24.5 Å². The van der Waals surface area contributed by atoms with Gasteiger partial charge in [0.1, 0.15) is 6.04 Å². The van der Waals surface area contributed by atoms with E-state index in [9.17, 15) is 18.0 Å². The Bertz CT molecular complexity index is 526. The highest BCUT2D eigenvalue weighted by Crippen LogP contribution is 2.31. The molecule has 6 nitrogen and oxygen atoms in total. The number of aliphatic carboxylic acids is 1. The summed E-state index contributed by atoms with van der Waals surface area (Å²) in [5, 5.41) is 11.5. The zero-order chi connectivity index (χ0) is 14.9. The molecule has 2 heterocycles. The van der Waals surface area contributed by atoms with Gasteiger partial charge in [0.05, 0.1) is 6.20 Å². The topological polar surface area (TPSA) is 78.4 Å². The fourth-order valence-electron chi connectivity index (χ4n) is 1.87. The van der Waals surface area contributed by atoms with Gasteiger partial charge in [0.15, 0.2) is 16.7 Å². The van der Waals surface area contributed by atoms with E-state index in [2.05, 4.69) is 15.3 Å². The number of hydrogen-bond acceptors (Lipinski definition) is 5. The number of rotatable bonds is 2. The Kier molecular flexibility index (Phi) is 4.00. The zero-order valence-corrected chi connectivity index (χ0v) is 10.7. The molecule has 1 aromatic rings. The van der Waals surface area contributed by atoms with Crippen LogP contribution in [0.5, 0.6) is 0 Å². The number of nitrogens with zero attached hydrogens (tertiary/aromatic N) is 3. The summed E-state index contributed by atoms with van der Waals surface area (Å²) >= 11 is 5.71. The molecule has 110 valence electrons. The van der Waals surface area contributed by atoms with Crippen LogP contribution < -0.4 is 10.2 Å². The fourth-order valence-corrected chi connectivity index (χ4v) is 2.12. The average molecular weight is 311 g/mol. The standard InChI is InChI=1S/C10H10ClF3N4O2/c11-7-8(16-4-6(17-7)10(12,13)14)18-2-1-15-3-5(18)9(19)20/h4-5,15H,1-3H2,(H,19,20)/t5-/m1/s1. The Balaban J connectivity index is 2.34. The van der Waals surface area contributed by atoms with Crippen LogP contribution in [0.3, 0.4) is 0 Å². The number of halogens is 4. The second-order valence-corrected chi connectivity index (χ2v) is 4.48. The van der Waals surface area contributed by atoms with E-state index in [1.807, 2.05) is 0 Å². The molecule has 0 bridgehead atoms. The monoisotopic (exact) mass is 310 g/mol. The van der Waals surface area contributed by atoms with Gasteiger partial charge in [0, 0.05) is 19.6 Å². The number of carboxylic acid groups (broad SMARTS) is 1. The molecule has 20 heavy (non-hydrogen) atoms. The Morgan fingerprint density at radius 3 is 2.80 bits per heavy atom. The van der Waals surface area contributed by atoms with Crippen LogP contribution in [0.2, 0.25) is 5.15 Å². The molecule has 0 spiro atoms. The highest BCUT2D eigenvalue weighted by atomic mass is 35.5. The molecule has 0 aromatic carbocycles. The molecule has 0 unspecified atom stereocenters. The largest absolute Gasteiger partial charge is 0.480 e. The highest BCUT2D eigenvalue weighted by Gasteiger charge is 2.36. The third-order valence-electron chi connectivity index (χ3n) is 2.80. The van der Waals surface area contributed by atoms with Gasteiger partial charge in [-0.3, -0.25) is 0 Å². The molecule has 1 aliphatic rings. The molecular formula is C10H10ClF3N4O2. The maximum atomic E-state index is 12.5. The molecule has 2 N–H and O–H groups in total. The van der Waals surface area contributed by atoms with Crippen molar-refractivity contribution in [3.05, 3.63) is 17.0 Å². The lowest BCUT2D eigenvalue weighted by molar-refractivity contribution is -0.141. The van der Waals surface area contributed by atoms with Crippen molar-refractivity contribution in [2.45, 2.75) is 12.2 Å². The van der Waals surface area contributed by atoms with Gasteiger partial charge in [-0.05, 0) is 0 Å². The van der Waals surface area contributed by atoms with Crippen LogP contribution in [0.4, 0.5) is 19.0 Å². The first-order valence-corrected chi connectivity index (χ1v) is 5.98. The van der Waals surface area contributed by atoms with Crippen LogP contribution in [-0.4, -0.2) is 46.7 Å². The van der Waals surface area contributed by atoms with Crippen molar-refractivity contribution in [1.82, 2.24) is 15.3 Å². The van der Waals surface area contributed by atoms with Gasteiger partial charge >= 0.3 is 12.1 Å². The maximum Gasteiger partial charge on any atom is 0.434 e. The molecule has 10 heteroatoms. The molecule has 0 radical (unpaired) electrons. The SMILES string of the molecule is O=C(O)[C@H]1CNCCN1c1ncc(C(F)(F)F)nc1Cl. The van der Waals surface area contributed by atoms with Crippen LogP contribution in [-0.2, 0) is 11.0 Å². The van der Waals surface area contributed by atoms with E-state index in [0.29, 0.717) is 12.7 Å². The number of carbonyl (C=O) groups is 1. The van der Waals surface area contributed by atoms with Crippen LogP contribution in [0.25, 0.3) is 0 Å². The van der Waals surface area contributed by atoms with Crippen molar-refractivity contribution >= 4 is 23.4 Å². The first kappa shape index (κ1) is 14.8.